The van der Waals surface area contributed by atoms with Gasteiger partial charge in [0.25, 0.3) is 0 Å². The van der Waals surface area contributed by atoms with Crippen molar-refractivity contribution < 1.29 is 14.3 Å². The minimum Gasteiger partial charge on any atom is -0.469 e. The largest absolute Gasteiger partial charge is 0.469 e. The van der Waals surface area contributed by atoms with Crippen molar-refractivity contribution in [3.63, 3.8) is 0 Å². The van der Waals surface area contributed by atoms with Gasteiger partial charge < -0.3 is 19.3 Å². The number of benzene rings is 1. The third-order valence-corrected chi connectivity index (χ3v) is 6.26. The fraction of sp³-hybridized carbons (Fsp3) is 0.385. The maximum atomic E-state index is 12.3. The fourth-order valence-electron chi connectivity index (χ4n) is 4.15. The highest BCUT2D eigenvalue weighted by atomic mass is 35.5. The Hall–Kier alpha value is -3.39. The summed E-state index contributed by atoms with van der Waals surface area (Å²) in [6, 6.07) is 14.0. The van der Waals surface area contributed by atoms with Gasteiger partial charge >= 0.3 is 6.09 Å². The third-order valence-electron chi connectivity index (χ3n) is 5.98. The number of nitrogens with zero attached hydrogens (tertiary/aromatic N) is 5. The van der Waals surface area contributed by atoms with Crippen molar-refractivity contribution in [2.75, 3.05) is 31.1 Å². The maximum absolute atomic E-state index is 12.3. The number of para-hydroxylation sites is 1. The standard InChI is InChI=1S/C26H28ClN5O3/c1-26(2,3)35-25(33)31-12-10-17(11-13-31)20-14-23(29-30-24(20)27)34-19-15-32(16-19)22-9-8-18-6-4-5-7-21(18)28-22/h4-10,14,19H,11-13,15-16H2,1-3H3. The number of halogens is 1. The molecular weight excluding hydrogens is 466 g/mol. The Bertz CT molecular complexity index is 1280. The van der Waals surface area contributed by atoms with Gasteiger partial charge in [0, 0.05) is 30.1 Å². The molecule has 2 aliphatic heterocycles. The van der Waals surface area contributed by atoms with E-state index in [2.05, 4.69) is 27.2 Å². The molecule has 9 heteroatoms. The molecule has 0 unspecified atom stereocenters. The zero-order chi connectivity index (χ0) is 24.6. The maximum Gasteiger partial charge on any atom is 0.410 e. The summed E-state index contributed by atoms with van der Waals surface area (Å²) in [5.74, 6) is 1.38. The number of carbonyl (C=O) groups is 1. The van der Waals surface area contributed by atoms with E-state index in [0.717, 1.165) is 40.9 Å². The quantitative estimate of drug-likeness (QED) is 0.507. The SMILES string of the molecule is CC(C)(C)OC(=O)N1CC=C(c2cc(OC3CN(c4ccc5ccccc5n4)C3)nnc2Cl)CC1. The third kappa shape index (κ3) is 5.32. The number of aromatic nitrogens is 3. The first kappa shape index (κ1) is 23.4. The van der Waals surface area contributed by atoms with Crippen LogP contribution in [0.15, 0.2) is 48.5 Å². The molecule has 1 saturated heterocycles. The van der Waals surface area contributed by atoms with Gasteiger partial charge in [0.2, 0.25) is 5.88 Å². The molecule has 1 fully saturated rings. The lowest BCUT2D eigenvalue weighted by Crippen LogP contribution is -2.54. The van der Waals surface area contributed by atoms with Crippen LogP contribution in [-0.4, -0.2) is 64.1 Å². The van der Waals surface area contributed by atoms with Crippen molar-refractivity contribution in [1.29, 1.82) is 0 Å². The second-order valence-electron chi connectivity index (χ2n) is 9.80. The summed E-state index contributed by atoms with van der Waals surface area (Å²) in [5, 5.41) is 9.67. The Labute approximate surface area is 209 Å². The first-order valence-corrected chi connectivity index (χ1v) is 12.1. The highest BCUT2D eigenvalue weighted by Gasteiger charge is 2.31. The molecule has 1 amide bonds. The minimum atomic E-state index is -0.521. The van der Waals surface area contributed by atoms with E-state index in [-0.39, 0.29) is 12.2 Å². The number of rotatable bonds is 4. The van der Waals surface area contributed by atoms with Crippen LogP contribution in [0.3, 0.4) is 0 Å². The molecule has 3 aromatic rings. The van der Waals surface area contributed by atoms with Crippen LogP contribution in [0.2, 0.25) is 5.15 Å². The lowest BCUT2D eigenvalue weighted by Gasteiger charge is -2.39. The van der Waals surface area contributed by atoms with Crippen LogP contribution >= 0.6 is 11.6 Å². The molecule has 8 nitrogen and oxygen atoms in total. The van der Waals surface area contributed by atoms with E-state index in [0.29, 0.717) is 30.5 Å². The van der Waals surface area contributed by atoms with Crippen LogP contribution in [0, 0.1) is 0 Å². The van der Waals surface area contributed by atoms with Crippen molar-refractivity contribution in [3.05, 3.63) is 59.3 Å². The predicted octanol–water partition coefficient (Wildman–Crippen LogP) is 4.97. The number of hydrogen-bond acceptors (Lipinski definition) is 7. The first-order valence-electron chi connectivity index (χ1n) is 11.7. The Morgan fingerprint density at radius 2 is 1.91 bits per heavy atom. The smallest absolute Gasteiger partial charge is 0.410 e. The van der Waals surface area contributed by atoms with Crippen molar-refractivity contribution in [3.8, 4) is 5.88 Å². The number of amides is 1. The number of carbonyl (C=O) groups excluding carboxylic acids is 1. The average molecular weight is 494 g/mol. The van der Waals surface area contributed by atoms with E-state index >= 15 is 0 Å². The summed E-state index contributed by atoms with van der Waals surface area (Å²) in [4.78, 5) is 20.9. The molecule has 182 valence electrons. The van der Waals surface area contributed by atoms with Gasteiger partial charge in [-0.3, -0.25) is 0 Å². The molecule has 0 atom stereocenters. The van der Waals surface area contributed by atoms with Crippen molar-refractivity contribution in [2.24, 2.45) is 0 Å². The molecular formula is C26H28ClN5O3. The van der Waals surface area contributed by atoms with Crippen LogP contribution in [0.25, 0.3) is 16.5 Å². The van der Waals surface area contributed by atoms with E-state index in [9.17, 15) is 4.79 Å². The minimum absolute atomic E-state index is 0.00501. The van der Waals surface area contributed by atoms with Gasteiger partial charge in [-0.2, -0.15) is 0 Å². The fourth-order valence-corrected chi connectivity index (χ4v) is 4.36. The second kappa shape index (κ2) is 9.34. The predicted molar refractivity (Wildman–Crippen MR) is 136 cm³/mol. The van der Waals surface area contributed by atoms with Gasteiger partial charge in [0.05, 0.1) is 18.6 Å². The van der Waals surface area contributed by atoms with E-state index < -0.39 is 5.60 Å². The molecule has 35 heavy (non-hydrogen) atoms. The first-order chi connectivity index (χ1) is 16.7. The molecule has 1 aromatic carbocycles. The van der Waals surface area contributed by atoms with E-state index in [1.807, 2.05) is 57.2 Å². The van der Waals surface area contributed by atoms with Crippen LogP contribution in [0.1, 0.15) is 32.8 Å². The molecule has 0 aliphatic carbocycles. The highest BCUT2D eigenvalue weighted by molar-refractivity contribution is 6.31. The topological polar surface area (TPSA) is 80.7 Å². The second-order valence-corrected chi connectivity index (χ2v) is 10.2. The Morgan fingerprint density at radius 1 is 1.11 bits per heavy atom. The Kier molecular flexibility index (Phi) is 6.23. The summed E-state index contributed by atoms with van der Waals surface area (Å²) in [5.41, 5.74) is 2.26. The van der Waals surface area contributed by atoms with Crippen LogP contribution in [0.4, 0.5) is 10.6 Å². The van der Waals surface area contributed by atoms with Gasteiger partial charge in [0.1, 0.15) is 17.5 Å². The normalized spacial score (nSPS) is 16.6. The zero-order valence-corrected chi connectivity index (χ0v) is 20.8. The highest BCUT2D eigenvalue weighted by Crippen LogP contribution is 2.31. The summed E-state index contributed by atoms with van der Waals surface area (Å²) in [7, 11) is 0. The zero-order valence-electron chi connectivity index (χ0n) is 20.1. The number of ether oxygens (including phenoxy) is 2. The van der Waals surface area contributed by atoms with E-state index in [1.54, 1.807) is 4.90 Å². The van der Waals surface area contributed by atoms with Gasteiger partial charge in [-0.05, 0) is 51.0 Å². The van der Waals surface area contributed by atoms with Gasteiger partial charge in [-0.25, -0.2) is 9.78 Å². The van der Waals surface area contributed by atoms with E-state index in [4.69, 9.17) is 26.1 Å². The molecule has 0 saturated carbocycles. The summed E-state index contributed by atoms with van der Waals surface area (Å²) < 4.78 is 11.5. The Morgan fingerprint density at radius 3 is 2.66 bits per heavy atom. The van der Waals surface area contributed by atoms with Crippen molar-refractivity contribution in [1.82, 2.24) is 20.1 Å². The summed E-state index contributed by atoms with van der Waals surface area (Å²) >= 11 is 6.36. The molecule has 0 radical (unpaired) electrons. The molecule has 4 heterocycles. The molecule has 0 spiro atoms. The van der Waals surface area contributed by atoms with Crippen molar-refractivity contribution in [2.45, 2.75) is 38.9 Å². The molecule has 2 aromatic heterocycles. The van der Waals surface area contributed by atoms with Crippen LogP contribution in [-0.2, 0) is 4.74 Å². The van der Waals surface area contributed by atoms with Crippen LogP contribution in [0.5, 0.6) is 5.88 Å². The summed E-state index contributed by atoms with van der Waals surface area (Å²) in [6.45, 7) is 8.03. The van der Waals surface area contributed by atoms with Crippen molar-refractivity contribution >= 4 is 40.0 Å². The number of anilines is 1. The molecule has 5 rings (SSSR count). The van der Waals surface area contributed by atoms with Crippen LogP contribution < -0.4 is 9.64 Å². The number of fused-ring (bicyclic) bond motifs is 1. The van der Waals surface area contributed by atoms with E-state index in [1.165, 1.54) is 0 Å². The molecule has 2 aliphatic rings. The average Bonchev–Trinajstić information content (AvgIpc) is 2.81. The van der Waals surface area contributed by atoms with Gasteiger partial charge in [0.15, 0.2) is 5.15 Å². The Balaban J connectivity index is 1.20. The molecule has 0 bridgehead atoms. The van der Waals surface area contributed by atoms with Gasteiger partial charge in [-0.15, -0.1) is 10.2 Å². The van der Waals surface area contributed by atoms with Gasteiger partial charge in [-0.1, -0.05) is 35.9 Å². The monoisotopic (exact) mass is 493 g/mol. The number of pyridine rings is 1. The lowest BCUT2D eigenvalue weighted by atomic mass is 10.0. The lowest BCUT2D eigenvalue weighted by molar-refractivity contribution is 0.0270. The summed E-state index contributed by atoms with van der Waals surface area (Å²) in [6.07, 6.45) is 2.31. The number of hydrogen-bond donors (Lipinski definition) is 0. The molecule has 0 N–H and O–H groups in total.